The van der Waals surface area contributed by atoms with E-state index in [0.717, 1.165) is 0 Å². The van der Waals surface area contributed by atoms with Crippen LogP contribution in [-0.2, 0) is 60.0 Å². The molecule has 0 aliphatic heterocycles. The van der Waals surface area contributed by atoms with Crippen LogP contribution in [0, 0.1) is 0 Å². The van der Waals surface area contributed by atoms with Crippen LogP contribution in [0.2, 0.25) is 0 Å². The first-order valence-corrected chi connectivity index (χ1v) is 6.62. The van der Waals surface area contributed by atoms with Crippen LogP contribution < -0.4 is 0 Å². The first-order chi connectivity index (χ1) is 6.83. The van der Waals surface area contributed by atoms with Gasteiger partial charge in [-0.15, -0.1) is 0 Å². The molecule has 0 spiro atoms. The second-order valence-electron chi connectivity index (χ2n) is 2.04. The predicted molar refractivity (Wildman–Crippen MR) is 76.3 cm³/mol. The zero-order valence-electron chi connectivity index (χ0n) is 8.61. The fourth-order valence-electron chi connectivity index (χ4n) is 0.440. The van der Waals surface area contributed by atoms with Crippen molar-refractivity contribution in [2.75, 3.05) is 49.4 Å². The molecule has 88 valence electrons. The first-order valence-electron chi connectivity index (χ1n) is 4.31. The maximum absolute atomic E-state index is 4.92. The molecular weight excluding hydrogens is 375 g/mol. The smallest absolute Gasteiger partial charge is 0.790 e. The molecule has 0 aromatic carbocycles. The third-order valence-electron chi connectivity index (χ3n) is 0.911. The van der Waals surface area contributed by atoms with Gasteiger partial charge < -0.3 is 60.0 Å². The van der Waals surface area contributed by atoms with Crippen LogP contribution in [0.25, 0.3) is 0 Å². The molecule has 0 fully saturated rings. The molecule has 0 aliphatic carbocycles. The molecule has 0 heterocycles. The fraction of sp³-hybridized carbons (Fsp3) is 1.00. The van der Waals surface area contributed by atoms with Crippen LogP contribution in [0.5, 0.6) is 0 Å². The van der Waals surface area contributed by atoms with Gasteiger partial charge in [0.1, 0.15) is 0 Å². The Hall–Kier alpha value is 2.12. The van der Waals surface area contributed by atoms with Gasteiger partial charge in [0, 0.05) is 26.4 Å². The Balaban J connectivity index is -0.000000180. The van der Waals surface area contributed by atoms with Crippen molar-refractivity contribution < 1.29 is 9.47 Å². The van der Waals surface area contributed by atoms with E-state index in [1.54, 1.807) is 0 Å². The van der Waals surface area contributed by atoms with E-state index in [4.69, 9.17) is 9.47 Å². The SMILES string of the molecule is [S-]CCOCC[S-].[S-]CCOCC[S-].[Sn+4]. The van der Waals surface area contributed by atoms with Gasteiger partial charge in [-0.25, -0.2) is 0 Å². The molecule has 0 radical (unpaired) electrons. The molecule has 0 amide bonds. The Morgan fingerprint density at radius 2 is 0.733 bits per heavy atom. The molecule has 15 heavy (non-hydrogen) atoms. The molecule has 0 aromatic rings. The molecule has 0 bridgehead atoms. The van der Waals surface area contributed by atoms with E-state index in [-0.39, 0.29) is 23.9 Å². The van der Waals surface area contributed by atoms with E-state index in [0.29, 0.717) is 49.4 Å². The van der Waals surface area contributed by atoms with Crippen molar-refractivity contribution >= 4 is 74.4 Å². The summed E-state index contributed by atoms with van der Waals surface area (Å²) in [5.41, 5.74) is 0. The second-order valence-corrected chi connectivity index (χ2v) is 3.67. The van der Waals surface area contributed by atoms with Gasteiger partial charge in [0.2, 0.25) is 0 Å². The molecule has 0 rings (SSSR count). The summed E-state index contributed by atoms with van der Waals surface area (Å²) in [6.45, 7) is 2.69. The Morgan fingerprint density at radius 1 is 0.533 bits per heavy atom. The van der Waals surface area contributed by atoms with Crippen LogP contribution in [0.4, 0.5) is 0 Å². The molecule has 0 saturated carbocycles. The maximum atomic E-state index is 4.92. The molecule has 0 aliphatic rings. The summed E-state index contributed by atoms with van der Waals surface area (Å²) in [4.78, 5) is 0. The number of rotatable bonds is 8. The number of hydrogen-bond donors (Lipinski definition) is 0. The third kappa shape index (κ3) is 31.4. The van der Waals surface area contributed by atoms with E-state index in [1.807, 2.05) is 0 Å². The van der Waals surface area contributed by atoms with Gasteiger partial charge in [0.05, 0.1) is 0 Å². The Bertz CT molecular complexity index is 73.0. The average molecular weight is 391 g/mol. The van der Waals surface area contributed by atoms with Gasteiger partial charge in [-0.1, -0.05) is 0 Å². The zero-order chi connectivity index (χ0) is 11.1. The minimum atomic E-state index is 0. The van der Waals surface area contributed by atoms with Crippen LogP contribution in [0.1, 0.15) is 0 Å². The quantitative estimate of drug-likeness (QED) is 0.322. The first kappa shape index (κ1) is 22.3. The van der Waals surface area contributed by atoms with Gasteiger partial charge in [0.15, 0.2) is 0 Å². The largest absolute Gasteiger partial charge is 4.00 e. The van der Waals surface area contributed by atoms with Crippen molar-refractivity contribution in [3.63, 3.8) is 0 Å². The molecule has 0 atom stereocenters. The van der Waals surface area contributed by atoms with E-state index in [1.165, 1.54) is 0 Å². The van der Waals surface area contributed by atoms with Gasteiger partial charge in [0.25, 0.3) is 0 Å². The summed E-state index contributed by atoms with van der Waals surface area (Å²) in [7, 11) is 0. The molecule has 0 aromatic heterocycles. The predicted octanol–water partition coefficient (Wildman–Crippen LogP) is -0.187. The second kappa shape index (κ2) is 25.1. The fourth-order valence-corrected chi connectivity index (χ4v) is 0.911. The molecule has 7 heteroatoms. The summed E-state index contributed by atoms with van der Waals surface area (Å²) in [6, 6.07) is 0. The third-order valence-corrected chi connectivity index (χ3v) is 1.58. The van der Waals surface area contributed by atoms with Crippen molar-refractivity contribution in [3.05, 3.63) is 0 Å². The number of hydrogen-bond acceptors (Lipinski definition) is 6. The Labute approximate surface area is 132 Å². The van der Waals surface area contributed by atoms with Crippen LogP contribution >= 0.6 is 0 Å². The van der Waals surface area contributed by atoms with Crippen LogP contribution in [0.15, 0.2) is 0 Å². The van der Waals surface area contributed by atoms with Crippen LogP contribution in [-0.4, -0.2) is 73.3 Å². The molecule has 0 saturated heterocycles. The molecular formula is C8H16O2S4Sn. The van der Waals surface area contributed by atoms with Crippen molar-refractivity contribution in [2.45, 2.75) is 0 Å². The van der Waals surface area contributed by atoms with E-state index < -0.39 is 0 Å². The van der Waals surface area contributed by atoms with Crippen LogP contribution in [0.3, 0.4) is 0 Å². The summed E-state index contributed by atoms with van der Waals surface area (Å²) < 4.78 is 9.85. The van der Waals surface area contributed by atoms with E-state index in [2.05, 4.69) is 50.5 Å². The topological polar surface area (TPSA) is 18.5 Å². The number of ether oxygens (including phenoxy) is 2. The minimum absolute atomic E-state index is 0. The van der Waals surface area contributed by atoms with Crippen molar-refractivity contribution in [1.82, 2.24) is 0 Å². The molecule has 2 nitrogen and oxygen atoms in total. The van der Waals surface area contributed by atoms with Gasteiger partial charge in [-0.3, -0.25) is 0 Å². The summed E-state index contributed by atoms with van der Waals surface area (Å²) in [6.07, 6.45) is 0. The van der Waals surface area contributed by atoms with Gasteiger partial charge >= 0.3 is 23.9 Å². The standard InChI is InChI=1S/2C4H10OS2.Sn/c2*6-3-1-5-2-4-7;/h2*6-7H,1-4H2;/q;;+4/p-4. The normalized spacial score (nSPS) is 8.80. The van der Waals surface area contributed by atoms with Gasteiger partial charge in [-0.2, -0.15) is 23.0 Å². The summed E-state index contributed by atoms with van der Waals surface area (Å²) in [5, 5.41) is 0. The summed E-state index contributed by atoms with van der Waals surface area (Å²) >= 11 is 18.4. The molecule has 0 unspecified atom stereocenters. The van der Waals surface area contributed by atoms with Gasteiger partial charge in [-0.05, 0) is 0 Å². The summed E-state index contributed by atoms with van der Waals surface area (Å²) in [5.74, 6) is 2.70. The molecule has 0 N–H and O–H groups in total. The maximum Gasteiger partial charge on any atom is 4.00 e. The Kier molecular flexibility index (Phi) is 37.3. The van der Waals surface area contributed by atoms with Crippen molar-refractivity contribution in [2.24, 2.45) is 0 Å². The van der Waals surface area contributed by atoms with Crippen molar-refractivity contribution in [3.8, 4) is 0 Å². The Morgan fingerprint density at radius 3 is 0.867 bits per heavy atom. The zero-order valence-corrected chi connectivity index (χ0v) is 14.7. The van der Waals surface area contributed by atoms with E-state index >= 15 is 0 Å². The average Bonchev–Trinajstić information content (AvgIpc) is 2.21. The van der Waals surface area contributed by atoms with Crippen molar-refractivity contribution in [1.29, 1.82) is 0 Å². The van der Waals surface area contributed by atoms with E-state index in [9.17, 15) is 0 Å². The monoisotopic (exact) mass is 392 g/mol. The minimum Gasteiger partial charge on any atom is -0.790 e.